The fourth-order valence-corrected chi connectivity index (χ4v) is 2.22. The van der Waals surface area contributed by atoms with Crippen LogP contribution in [0.4, 0.5) is 0 Å². The van der Waals surface area contributed by atoms with E-state index in [-0.39, 0.29) is 6.04 Å². The van der Waals surface area contributed by atoms with Gasteiger partial charge in [0.2, 0.25) is 0 Å². The molecule has 1 aromatic heterocycles. The normalized spacial score (nSPS) is 12.4. The monoisotopic (exact) mass is 245 g/mol. The third-order valence-electron chi connectivity index (χ3n) is 2.53. The Balaban J connectivity index is 2.08. The van der Waals surface area contributed by atoms with Crippen molar-refractivity contribution in [3.05, 3.63) is 48.4 Å². The van der Waals surface area contributed by atoms with E-state index in [2.05, 4.69) is 41.2 Å². The zero-order chi connectivity index (χ0) is 12.1. The Hall–Kier alpha value is -1.39. The minimum atomic E-state index is 0.133. The molecule has 4 heteroatoms. The third-order valence-corrected chi connectivity index (χ3v) is 3.48. The maximum Gasteiger partial charge on any atom is 0.116 e. The molecule has 88 valence electrons. The van der Waals surface area contributed by atoms with Gasteiger partial charge in [-0.05, 0) is 30.2 Å². The molecule has 17 heavy (non-hydrogen) atoms. The summed E-state index contributed by atoms with van der Waals surface area (Å²) >= 11 is 1.62. The predicted molar refractivity (Wildman–Crippen MR) is 69.8 cm³/mol. The lowest BCUT2D eigenvalue weighted by atomic mass is 10.1. The van der Waals surface area contributed by atoms with Crippen molar-refractivity contribution >= 4 is 11.8 Å². The fraction of sp³-hybridized carbons (Fsp3) is 0.231. The van der Waals surface area contributed by atoms with Crippen LogP contribution in [0.1, 0.15) is 24.9 Å². The van der Waals surface area contributed by atoms with Crippen LogP contribution in [0.15, 0.2) is 52.8 Å². The number of hydrogen-bond acceptors (Lipinski definition) is 4. The molecule has 1 atom stereocenters. The van der Waals surface area contributed by atoms with Gasteiger partial charge < -0.3 is 5.73 Å². The minimum absolute atomic E-state index is 0.133. The van der Waals surface area contributed by atoms with Crippen molar-refractivity contribution in [2.45, 2.75) is 29.3 Å². The Morgan fingerprint density at radius 2 is 2.00 bits per heavy atom. The van der Waals surface area contributed by atoms with Crippen molar-refractivity contribution in [2.24, 2.45) is 5.73 Å². The molecular formula is C13H15N3S. The first kappa shape index (κ1) is 12.1. The van der Waals surface area contributed by atoms with Crippen LogP contribution >= 0.6 is 11.8 Å². The van der Waals surface area contributed by atoms with Crippen LogP contribution in [0.3, 0.4) is 0 Å². The van der Waals surface area contributed by atoms with E-state index in [4.69, 9.17) is 5.73 Å². The maximum absolute atomic E-state index is 5.97. The van der Waals surface area contributed by atoms with Crippen molar-refractivity contribution in [1.82, 2.24) is 9.97 Å². The van der Waals surface area contributed by atoms with E-state index in [0.717, 1.165) is 16.3 Å². The SMILES string of the molecule is CCC(N)c1ccc(Sc2ccncn2)cc1. The molecule has 2 rings (SSSR count). The van der Waals surface area contributed by atoms with Gasteiger partial charge in [-0.2, -0.15) is 0 Å². The Labute approximate surface area is 105 Å². The molecule has 0 saturated carbocycles. The van der Waals surface area contributed by atoms with Gasteiger partial charge in [-0.1, -0.05) is 30.8 Å². The lowest BCUT2D eigenvalue weighted by Crippen LogP contribution is -2.07. The maximum atomic E-state index is 5.97. The molecule has 3 nitrogen and oxygen atoms in total. The van der Waals surface area contributed by atoms with Gasteiger partial charge in [0, 0.05) is 17.1 Å². The Morgan fingerprint density at radius 1 is 1.24 bits per heavy atom. The van der Waals surface area contributed by atoms with Gasteiger partial charge >= 0.3 is 0 Å². The van der Waals surface area contributed by atoms with E-state index in [1.54, 1.807) is 24.3 Å². The van der Waals surface area contributed by atoms with Crippen molar-refractivity contribution in [3.8, 4) is 0 Å². The molecule has 0 fully saturated rings. The first-order valence-corrected chi connectivity index (χ1v) is 6.40. The Morgan fingerprint density at radius 3 is 2.59 bits per heavy atom. The minimum Gasteiger partial charge on any atom is -0.324 e. The van der Waals surface area contributed by atoms with Crippen LogP contribution in [0.2, 0.25) is 0 Å². The largest absolute Gasteiger partial charge is 0.324 e. The number of rotatable bonds is 4. The zero-order valence-electron chi connectivity index (χ0n) is 9.71. The van der Waals surface area contributed by atoms with Gasteiger partial charge in [-0.3, -0.25) is 0 Å². The third kappa shape index (κ3) is 3.28. The van der Waals surface area contributed by atoms with E-state index in [0.29, 0.717) is 0 Å². The summed E-state index contributed by atoms with van der Waals surface area (Å²) in [6.07, 6.45) is 4.26. The van der Waals surface area contributed by atoms with Crippen LogP contribution in [-0.2, 0) is 0 Å². The van der Waals surface area contributed by atoms with Gasteiger partial charge in [0.25, 0.3) is 0 Å². The zero-order valence-corrected chi connectivity index (χ0v) is 10.5. The average Bonchev–Trinajstić information content (AvgIpc) is 2.40. The summed E-state index contributed by atoms with van der Waals surface area (Å²) in [6, 6.07) is 10.4. The van der Waals surface area contributed by atoms with Gasteiger partial charge in [0.05, 0.1) is 0 Å². The lowest BCUT2D eigenvalue weighted by Gasteiger charge is -2.09. The second kappa shape index (κ2) is 5.80. The highest BCUT2D eigenvalue weighted by molar-refractivity contribution is 7.99. The van der Waals surface area contributed by atoms with Gasteiger partial charge in [-0.25, -0.2) is 9.97 Å². The topological polar surface area (TPSA) is 51.8 Å². The average molecular weight is 245 g/mol. The Kier molecular flexibility index (Phi) is 4.12. The lowest BCUT2D eigenvalue weighted by molar-refractivity contribution is 0.698. The number of aromatic nitrogens is 2. The van der Waals surface area contributed by atoms with E-state index < -0.39 is 0 Å². The first-order chi connectivity index (χ1) is 8.29. The number of nitrogens with two attached hydrogens (primary N) is 1. The summed E-state index contributed by atoms with van der Waals surface area (Å²) in [7, 11) is 0. The van der Waals surface area contributed by atoms with Crippen LogP contribution in [0, 0.1) is 0 Å². The molecule has 0 aliphatic carbocycles. The van der Waals surface area contributed by atoms with Gasteiger partial charge in [-0.15, -0.1) is 0 Å². The Bertz CT molecular complexity index is 456. The van der Waals surface area contributed by atoms with Crippen LogP contribution < -0.4 is 5.73 Å². The number of nitrogens with zero attached hydrogens (tertiary/aromatic N) is 2. The van der Waals surface area contributed by atoms with Gasteiger partial charge in [0.1, 0.15) is 11.4 Å². The summed E-state index contributed by atoms with van der Waals surface area (Å²) in [6.45, 7) is 2.09. The van der Waals surface area contributed by atoms with E-state index in [1.165, 1.54) is 5.56 Å². The molecule has 0 aliphatic rings. The molecule has 0 bridgehead atoms. The summed E-state index contributed by atoms with van der Waals surface area (Å²) in [5.74, 6) is 0. The second-order valence-electron chi connectivity index (χ2n) is 3.73. The highest BCUT2D eigenvalue weighted by atomic mass is 32.2. The molecule has 2 N–H and O–H groups in total. The summed E-state index contributed by atoms with van der Waals surface area (Å²) in [5, 5.41) is 0.951. The molecule has 2 aromatic rings. The van der Waals surface area contributed by atoms with Crippen molar-refractivity contribution in [3.63, 3.8) is 0 Å². The highest BCUT2D eigenvalue weighted by Crippen LogP contribution is 2.26. The molecule has 0 aliphatic heterocycles. The van der Waals surface area contributed by atoms with Crippen LogP contribution in [-0.4, -0.2) is 9.97 Å². The predicted octanol–water partition coefficient (Wildman–Crippen LogP) is 3.04. The molecular weight excluding hydrogens is 230 g/mol. The molecule has 0 radical (unpaired) electrons. The molecule has 1 heterocycles. The number of hydrogen-bond donors (Lipinski definition) is 1. The number of benzene rings is 1. The summed E-state index contributed by atoms with van der Waals surface area (Å²) in [4.78, 5) is 9.23. The molecule has 1 aromatic carbocycles. The van der Waals surface area contributed by atoms with Crippen LogP contribution in [0.5, 0.6) is 0 Å². The fourth-order valence-electron chi connectivity index (χ4n) is 1.48. The summed E-state index contributed by atoms with van der Waals surface area (Å²) in [5.41, 5.74) is 7.15. The molecule has 1 unspecified atom stereocenters. The van der Waals surface area contributed by atoms with E-state index in [1.807, 2.05) is 6.07 Å². The second-order valence-corrected chi connectivity index (χ2v) is 4.83. The smallest absolute Gasteiger partial charge is 0.116 e. The van der Waals surface area contributed by atoms with Crippen molar-refractivity contribution in [2.75, 3.05) is 0 Å². The molecule has 0 saturated heterocycles. The van der Waals surface area contributed by atoms with Crippen molar-refractivity contribution in [1.29, 1.82) is 0 Å². The highest BCUT2D eigenvalue weighted by Gasteiger charge is 2.03. The quantitative estimate of drug-likeness (QED) is 0.841. The van der Waals surface area contributed by atoms with E-state index >= 15 is 0 Å². The molecule has 0 spiro atoms. The van der Waals surface area contributed by atoms with Gasteiger partial charge in [0.15, 0.2) is 0 Å². The summed E-state index contributed by atoms with van der Waals surface area (Å²) < 4.78 is 0. The van der Waals surface area contributed by atoms with Crippen LogP contribution in [0.25, 0.3) is 0 Å². The first-order valence-electron chi connectivity index (χ1n) is 5.59. The van der Waals surface area contributed by atoms with Crippen molar-refractivity contribution < 1.29 is 0 Å². The standard InChI is InChI=1S/C13H15N3S/c1-2-12(14)10-3-5-11(6-4-10)17-13-7-8-15-9-16-13/h3-9,12H,2,14H2,1H3. The molecule has 0 amide bonds. The van der Waals surface area contributed by atoms with E-state index in [9.17, 15) is 0 Å².